The highest BCUT2D eigenvalue weighted by molar-refractivity contribution is 5.84. The van der Waals surface area contributed by atoms with Gasteiger partial charge in [0, 0.05) is 24.2 Å². The van der Waals surface area contributed by atoms with E-state index in [-0.39, 0.29) is 49.8 Å². The quantitative estimate of drug-likeness (QED) is 0.184. The van der Waals surface area contributed by atoms with E-state index >= 15 is 4.79 Å². The van der Waals surface area contributed by atoms with Crippen molar-refractivity contribution in [3.8, 4) is 11.3 Å². The molecule has 8 heteroatoms. The summed E-state index contributed by atoms with van der Waals surface area (Å²) in [4.78, 5) is 36.7. The number of non-ortho nitro benzene ring substituents is 1. The highest BCUT2D eigenvalue weighted by Gasteiger charge is 2.72. The van der Waals surface area contributed by atoms with Gasteiger partial charge >= 0.3 is 0 Å². The van der Waals surface area contributed by atoms with Gasteiger partial charge < -0.3 is 15.0 Å². The minimum atomic E-state index is -0.383. The van der Waals surface area contributed by atoms with Crippen LogP contribution >= 0.6 is 0 Å². The highest BCUT2D eigenvalue weighted by Crippen LogP contribution is 2.77. The van der Waals surface area contributed by atoms with Crippen LogP contribution in [0.1, 0.15) is 130 Å². The largest absolute Gasteiger partial charge is 0.393 e. The van der Waals surface area contributed by atoms with Crippen LogP contribution in [0.15, 0.2) is 42.6 Å². The van der Waals surface area contributed by atoms with Gasteiger partial charge in [0.2, 0.25) is 5.91 Å². The number of aliphatic hydroxyl groups is 1. The molecule has 5 aliphatic carbocycles. The van der Waals surface area contributed by atoms with Crippen LogP contribution in [0.25, 0.3) is 11.3 Å². The van der Waals surface area contributed by atoms with Crippen molar-refractivity contribution in [2.75, 3.05) is 6.54 Å². The van der Waals surface area contributed by atoms with Crippen molar-refractivity contribution < 1.29 is 14.8 Å². The van der Waals surface area contributed by atoms with Gasteiger partial charge in [-0.25, -0.2) is 4.98 Å². The number of likely N-dealkylation sites (tertiary alicyclic amines) is 1. The number of rotatable bonds is 5. The molecule has 8 rings (SSSR count). The van der Waals surface area contributed by atoms with E-state index in [1.54, 1.807) is 18.3 Å². The van der Waals surface area contributed by atoms with Crippen LogP contribution in [0, 0.1) is 66.8 Å². The number of carbonyl (C=O) groups excluding carboxylic acids is 1. The Kier molecular flexibility index (Phi) is 8.08. The molecule has 0 spiro atoms. The zero-order chi connectivity index (χ0) is 36.3. The number of aromatic nitrogens is 2. The number of hydrogen-bond donors (Lipinski definition) is 2. The molecule has 6 fully saturated rings. The predicted molar refractivity (Wildman–Crippen MR) is 199 cm³/mol. The van der Waals surface area contributed by atoms with Gasteiger partial charge in [-0.2, -0.15) is 0 Å². The average molecular weight is 697 g/mol. The number of hydrogen-bond acceptors (Lipinski definition) is 5. The standard InChI is InChI=1S/C43H60N4O4/c1-26(2)29-16-21-43(38(49)46-24-8-9-32(46)37-44-25-31(45-37)27-10-12-28(13-11-27)47(50)51)23-22-41(6)30(36(29)43)14-15-34-40(5)19-18-35(48)39(3,4)33(40)17-20-42(34,41)7/h10-13,25,29-30,32-36,48H,1,8-9,14-24H2,2-7H3,(H,44,45)/t29-,30+,32-,33?,34?,35-,36?,40-,41+,42+,43-/m0/s1. The first-order valence-electron chi connectivity index (χ1n) is 20.0. The number of benzene rings is 1. The first-order chi connectivity index (χ1) is 24.1. The zero-order valence-electron chi connectivity index (χ0n) is 31.8. The molecule has 1 amide bonds. The number of nitrogens with zero attached hydrogens (tertiary/aromatic N) is 3. The fourth-order valence-electron chi connectivity index (χ4n) is 14.5. The predicted octanol–water partition coefficient (Wildman–Crippen LogP) is 9.67. The maximum atomic E-state index is 15.4. The number of H-pyrrole nitrogens is 1. The molecule has 1 aromatic carbocycles. The van der Waals surface area contributed by atoms with E-state index in [4.69, 9.17) is 4.98 Å². The SMILES string of the molecule is C=C(C)[C@@H]1CC[C@]2(C(=O)N3CCC[C@H]3c3ncc(-c4ccc([N+](=O)[O-])cc4)[nH]3)CC[C@]3(C)[C@H](CCC4[C@@]5(C)CC[C@H](O)C(C)(C)C5CC[C@]43C)C12. The number of nitro groups is 1. The van der Waals surface area contributed by atoms with Crippen molar-refractivity contribution >= 4 is 11.6 Å². The number of nitro benzene ring substituents is 1. The lowest BCUT2D eigenvalue weighted by atomic mass is 9.32. The van der Waals surface area contributed by atoms with Gasteiger partial charge in [0.25, 0.3) is 5.69 Å². The third-order valence-electron chi connectivity index (χ3n) is 17.3. The van der Waals surface area contributed by atoms with Crippen molar-refractivity contribution in [1.82, 2.24) is 14.9 Å². The van der Waals surface area contributed by atoms with Crippen molar-refractivity contribution in [1.29, 1.82) is 0 Å². The summed E-state index contributed by atoms with van der Waals surface area (Å²) in [6.07, 6.45) is 14.3. The van der Waals surface area contributed by atoms with E-state index in [0.717, 1.165) is 75.0 Å². The highest BCUT2D eigenvalue weighted by atomic mass is 16.6. The van der Waals surface area contributed by atoms with Crippen LogP contribution in [0.2, 0.25) is 0 Å². The molecule has 8 nitrogen and oxygen atoms in total. The van der Waals surface area contributed by atoms with Gasteiger partial charge in [0.05, 0.1) is 34.4 Å². The number of allylic oxidation sites excluding steroid dienone is 1. The van der Waals surface area contributed by atoms with E-state index in [2.05, 4.69) is 58.0 Å². The summed E-state index contributed by atoms with van der Waals surface area (Å²) in [5.41, 5.74) is 3.15. The van der Waals surface area contributed by atoms with Crippen molar-refractivity contribution in [3.05, 3.63) is 58.6 Å². The number of aliphatic hydroxyl groups excluding tert-OH is 1. The summed E-state index contributed by atoms with van der Waals surface area (Å²) in [7, 11) is 0. The van der Waals surface area contributed by atoms with Crippen LogP contribution in [0.3, 0.4) is 0 Å². The fourth-order valence-corrected chi connectivity index (χ4v) is 14.5. The summed E-state index contributed by atoms with van der Waals surface area (Å²) in [6, 6.07) is 6.47. The molecule has 6 aliphatic rings. The second-order valence-electron chi connectivity index (χ2n) is 19.4. The number of aromatic amines is 1. The average Bonchev–Trinajstić information content (AvgIpc) is 3.86. The van der Waals surface area contributed by atoms with Crippen molar-refractivity contribution in [2.45, 2.75) is 131 Å². The first-order valence-corrected chi connectivity index (χ1v) is 20.0. The number of carbonyl (C=O) groups is 1. The first kappa shape index (κ1) is 35.1. The Labute approximate surface area is 304 Å². The lowest BCUT2D eigenvalue weighted by Crippen LogP contribution is -2.67. The Morgan fingerprint density at radius 2 is 1.69 bits per heavy atom. The maximum absolute atomic E-state index is 15.4. The molecule has 3 unspecified atom stereocenters. The number of imidazole rings is 1. The van der Waals surface area contributed by atoms with Crippen LogP contribution in [0.5, 0.6) is 0 Å². The Hall–Kier alpha value is -3.00. The molecule has 11 atom stereocenters. The molecule has 1 saturated heterocycles. The second kappa shape index (κ2) is 11.8. The lowest BCUT2D eigenvalue weighted by Gasteiger charge is -2.73. The number of nitrogens with one attached hydrogen (secondary N) is 1. The Bertz CT molecular complexity index is 1730. The maximum Gasteiger partial charge on any atom is 0.269 e. The van der Waals surface area contributed by atoms with Crippen LogP contribution in [-0.4, -0.2) is 43.5 Å². The molecular weight excluding hydrogens is 636 g/mol. The van der Waals surface area contributed by atoms with E-state index in [1.807, 2.05) is 0 Å². The van der Waals surface area contributed by atoms with Gasteiger partial charge in [0.15, 0.2) is 0 Å². The normalized spacial score (nSPS) is 42.7. The Balaban J connectivity index is 1.10. The van der Waals surface area contributed by atoms with E-state index in [1.165, 1.54) is 43.4 Å². The monoisotopic (exact) mass is 696 g/mol. The topological polar surface area (TPSA) is 112 Å². The van der Waals surface area contributed by atoms with Crippen LogP contribution in [0.4, 0.5) is 5.69 Å². The summed E-state index contributed by atoms with van der Waals surface area (Å²) in [5, 5.41) is 22.3. The summed E-state index contributed by atoms with van der Waals surface area (Å²) < 4.78 is 0. The molecule has 51 heavy (non-hydrogen) atoms. The molecule has 0 bridgehead atoms. The van der Waals surface area contributed by atoms with Crippen LogP contribution < -0.4 is 0 Å². The van der Waals surface area contributed by atoms with Gasteiger partial charge in [-0.15, -0.1) is 0 Å². The molecule has 1 aliphatic heterocycles. The van der Waals surface area contributed by atoms with Gasteiger partial charge in [-0.05, 0) is 147 Å². The molecule has 2 heterocycles. The van der Waals surface area contributed by atoms with Gasteiger partial charge in [-0.3, -0.25) is 14.9 Å². The third-order valence-corrected chi connectivity index (χ3v) is 17.3. The van der Waals surface area contributed by atoms with E-state index < -0.39 is 0 Å². The van der Waals surface area contributed by atoms with Crippen LogP contribution in [-0.2, 0) is 4.79 Å². The number of fused-ring (bicyclic) bond motifs is 7. The molecule has 0 radical (unpaired) electrons. The lowest BCUT2D eigenvalue weighted by molar-refractivity contribution is -0.384. The summed E-state index contributed by atoms with van der Waals surface area (Å²) in [5.74, 6) is 3.50. The van der Waals surface area contributed by atoms with Gasteiger partial charge in [-0.1, -0.05) is 46.8 Å². The van der Waals surface area contributed by atoms with Crippen molar-refractivity contribution in [3.63, 3.8) is 0 Å². The Morgan fingerprint density at radius 3 is 2.39 bits per heavy atom. The smallest absolute Gasteiger partial charge is 0.269 e. The second-order valence-corrected chi connectivity index (χ2v) is 19.4. The fraction of sp³-hybridized carbons (Fsp3) is 0.721. The number of amides is 1. The molecule has 5 saturated carbocycles. The molecule has 2 N–H and O–H groups in total. The Morgan fingerprint density at radius 1 is 0.941 bits per heavy atom. The van der Waals surface area contributed by atoms with Gasteiger partial charge in [0.1, 0.15) is 5.82 Å². The molecule has 1 aromatic heterocycles. The molecule has 2 aromatic rings. The third kappa shape index (κ3) is 4.79. The van der Waals surface area contributed by atoms with Crippen molar-refractivity contribution in [2.24, 2.45) is 56.7 Å². The molecular formula is C43H60N4O4. The minimum Gasteiger partial charge on any atom is -0.393 e. The minimum absolute atomic E-state index is 0.0560. The van der Waals surface area contributed by atoms with E-state index in [9.17, 15) is 15.2 Å². The summed E-state index contributed by atoms with van der Waals surface area (Å²) >= 11 is 0. The zero-order valence-corrected chi connectivity index (χ0v) is 31.8. The molecule has 276 valence electrons. The van der Waals surface area contributed by atoms with E-state index in [0.29, 0.717) is 35.5 Å². The summed E-state index contributed by atoms with van der Waals surface area (Å²) in [6.45, 7) is 20.1.